The molecule has 0 aromatic heterocycles. The molecule has 2 aliphatic heterocycles. The molecule has 0 radical (unpaired) electrons. The van der Waals surface area contributed by atoms with Crippen LogP contribution in [0.3, 0.4) is 0 Å². The lowest BCUT2D eigenvalue weighted by Crippen LogP contribution is -2.28. The summed E-state index contributed by atoms with van der Waals surface area (Å²) >= 11 is 0. The topological polar surface area (TPSA) is 143 Å². The molecule has 4 rings (SSSR count). The van der Waals surface area contributed by atoms with Crippen LogP contribution in [0.25, 0.3) is 6.08 Å². The van der Waals surface area contributed by atoms with Crippen molar-refractivity contribution in [1.29, 1.82) is 0 Å². The van der Waals surface area contributed by atoms with Crippen LogP contribution in [0, 0.1) is 11.8 Å². The summed E-state index contributed by atoms with van der Waals surface area (Å²) in [5, 5.41) is 18.2. The normalized spacial score (nSPS) is 14.9. The lowest BCUT2D eigenvalue weighted by molar-refractivity contribution is -0.145. The number of fused-ring (bicyclic) bond motifs is 2. The quantitative estimate of drug-likeness (QED) is 0.309. The van der Waals surface area contributed by atoms with Crippen molar-refractivity contribution in [2.75, 3.05) is 20.3 Å². The number of ether oxygens (including phenoxy) is 3. The van der Waals surface area contributed by atoms with Crippen molar-refractivity contribution >= 4 is 29.8 Å². The Morgan fingerprint density at radius 1 is 0.767 bits per heavy atom. The van der Waals surface area contributed by atoms with E-state index in [0.717, 1.165) is 27.8 Å². The molecule has 2 N–H and O–H groups in total. The Morgan fingerprint density at radius 2 is 1.19 bits per heavy atom. The first-order chi connectivity index (χ1) is 20.5. The van der Waals surface area contributed by atoms with E-state index in [4.69, 9.17) is 24.4 Å². The van der Waals surface area contributed by atoms with E-state index >= 15 is 0 Å². The van der Waals surface area contributed by atoms with Crippen LogP contribution in [0.4, 0.5) is 0 Å². The van der Waals surface area contributed by atoms with Gasteiger partial charge in [0, 0.05) is 51.0 Å². The minimum absolute atomic E-state index is 0.0432. The molecule has 0 saturated heterocycles. The van der Waals surface area contributed by atoms with Gasteiger partial charge in [-0.25, -0.2) is 0 Å². The lowest BCUT2D eigenvalue weighted by Gasteiger charge is -2.16. The second kappa shape index (κ2) is 13.6. The molecule has 2 amide bonds. The van der Waals surface area contributed by atoms with E-state index in [9.17, 15) is 19.2 Å². The molecule has 2 aromatic rings. The highest BCUT2D eigenvalue weighted by Crippen LogP contribution is 2.36. The van der Waals surface area contributed by atoms with Gasteiger partial charge in [-0.2, -0.15) is 0 Å². The summed E-state index contributed by atoms with van der Waals surface area (Å²) in [5.41, 5.74) is 4.63. The fraction of sp³-hybridized carbons (Fsp3) is 0.438. The number of amides is 2. The van der Waals surface area contributed by atoms with Gasteiger partial charge in [0.15, 0.2) is 11.5 Å². The predicted octanol–water partition coefficient (Wildman–Crippen LogP) is 4.09. The van der Waals surface area contributed by atoms with Crippen LogP contribution < -0.4 is 14.2 Å². The van der Waals surface area contributed by atoms with Gasteiger partial charge in [-0.15, -0.1) is 0 Å². The van der Waals surface area contributed by atoms with Crippen LogP contribution in [0.2, 0.25) is 0 Å². The zero-order valence-corrected chi connectivity index (χ0v) is 24.8. The standard InChI is InChI=1S/C32H38N2O9/c1-5-21-11-22-15-33(29(35)9-19(2)31(37)38)16-23(22)12-26(21)42-7-6-8-43-28-14-25-18-34(17-24(25)13-27(28)41-4)30(36)10-20(3)32(39)40/h5,11-14,19-20H,1,6-10,15-18H2,2-4H3,(H,37,38)(H,39,40). The van der Waals surface area contributed by atoms with Gasteiger partial charge < -0.3 is 34.2 Å². The summed E-state index contributed by atoms with van der Waals surface area (Å²) in [4.78, 5) is 50.8. The fourth-order valence-electron chi connectivity index (χ4n) is 5.14. The zero-order valence-electron chi connectivity index (χ0n) is 24.8. The molecule has 11 heteroatoms. The number of methoxy groups -OCH3 is 1. The number of carbonyl (C=O) groups excluding carboxylic acids is 2. The first kappa shape index (κ1) is 31.4. The van der Waals surface area contributed by atoms with E-state index in [0.29, 0.717) is 63.1 Å². The van der Waals surface area contributed by atoms with Gasteiger partial charge in [0.25, 0.3) is 0 Å². The summed E-state index contributed by atoms with van der Waals surface area (Å²) in [7, 11) is 1.55. The molecule has 43 heavy (non-hydrogen) atoms. The first-order valence-electron chi connectivity index (χ1n) is 14.2. The summed E-state index contributed by atoms with van der Waals surface area (Å²) in [6.45, 7) is 9.26. The van der Waals surface area contributed by atoms with Crippen molar-refractivity contribution in [2.24, 2.45) is 11.8 Å². The Balaban J connectivity index is 1.30. The SMILES string of the molecule is C=Cc1cc2c(cc1OCCCOc1cc3c(cc1OC)CN(C(=O)CC(C)C(=O)O)C3)CN(C(=O)CC(C)C(=O)O)C2. The van der Waals surface area contributed by atoms with Crippen LogP contribution >= 0.6 is 0 Å². The van der Waals surface area contributed by atoms with Crippen molar-refractivity contribution in [1.82, 2.24) is 9.80 Å². The van der Waals surface area contributed by atoms with Gasteiger partial charge in [0.2, 0.25) is 11.8 Å². The number of aliphatic carboxylic acids is 2. The molecule has 2 aromatic carbocycles. The maximum atomic E-state index is 12.6. The molecule has 2 unspecified atom stereocenters. The molecular weight excluding hydrogens is 556 g/mol. The summed E-state index contributed by atoms with van der Waals surface area (Å²) in [6.07, 6.45) is 2.18. The molecule has 0 fully saturated rings. The number of carboxylic acids is 2. The summed E-state index contributed by atoms with van der Waals surface area (Å²) < 4.78 is 17.6. The number of carboxylic acid groups (broad SMARTS) is 2. The van der Waals surface area contributed by atoms with Crippen LogP contribution in [-0.2, 0) is 45.4 Å². The number of carbonyl (C=O) groups is 4. The predicted molar refractivity (Wildman–Crippen MR) is 156 cm³/mol. The highest BCUT2D eigenvalue weighted by molar-refractivity contribution is 5.83. The van der Waals surface area contributed by atoms with Crippen molar-refractivity contribution in [3.8, 4) is 17.2 Å². The van der Waals surface area contributed by atoms with Crippen molar-refractivity contribution in [2.45, 2.75) is 59.3 Å². The Labute approximate surface area is 250 Å². The third-order valence-electron chi connectivity index (χ3n) is 7.80. The van der Waals surface area contributed by atoms with Gasteiger partial charge in [0.05, 0.1) is 32.2 Å². The van der Waals surface area contributed by atoms with Crippen molar-refractivity contribution in [3.05, 3.63) is 58.7 Å². The van der Waals surface area contributed by atoms with Crippen molar-refractivity contribution < 1.29 is 43.6 Å². The molecule has 11 nitrogen and oxygen atoms in total. The fourth-order valence-corrected chi connectivity index (χ4v) is 5.14. The average molecular weight is 595 g/mol. The Bertz CT molecular complexity index is 1420. The van der Waals surface area contributed by atoms with Gasteiger partial charge in [-0.1, -0.05) is 26.5 Å². The lowest BCUT2D eigenvalue weighted by atomic mass is 10.1. The van der Waals surface area contributed by atoms with Crippen LogP contribution in [0.15, 0.2) is 30.8 Å². The molecule has 230 valence electrons. The minimum Gasteiger partial charge on any atom is -0.493 e. The second-order valence-corrected chi connectivity index (χ2v) is 11.1. The number of rotatable bonds is 14. The molecule has 2 atom stereocenters. The maximum absolute atomic E-state index is 12.6. The molecule has 0 spiro atoms. The summed E-state index contributed by atoms with van der Waals surface area (Å²) in [5.74, 6) is -2.11. The highest BCUT2D eigenvalue weighted by Gasteiger charge is 2.29. The Kier molecular flexibility index (Phi) is 9.95. The number of benzene rings is 2. The van der Waals surface area contributed by atoms with E-state index < -0.39 is 23.8 Å². The molecular formula is C32H38N2O9. The third-order valence-corrected chi connectivity index (χ3v) is 7.80. The third kappa shape index (κ3) is 7.46. The van der Waals surface area contributed by atoms with Crippen LogP contribution in [0.5, 0.6) is 17.2 Å². The smallest absolute Gasteiger partial charge is 0.306 e. The molecule has 0 aliphatic carbocycles. The van der Waals surface area contributed by atoms with Gasteiger partial charge in [-0.05, 0) is 46.5 Å². The second-order valence-electron chi connectivity index (χ2n) is 11.1. The Morgan fingerprint density at radius 3 is 1.63 bits per heavy atom. The Hall–Kier alpha value is -4.54. The number of nitrogens with zero attached hydrogens (tertiary/aromatic N) is 2. The van der Waals surface area contributed by atoms with E-state index in [1.54, 1.807) is 23.0 Å². The van der Waals surface area contributed by atoms with E-state index in [2.05, 4.69) is 6.58 Å². The maximum Gasteiger partial charge on any atom is 0.306 e. The van der Waals surface area contributed by atoms with E-state index in [1.807, 2.05) is 24.3 Å². The van der Waals surface area contributed by atoms with Crippen molar-refractivity contribution in [3.63, 3.8) is 0 Å². The number of hydrogen-bond donors (Lipinski definition) is 2. The number of hydrogen-bond acceptors (Lipinski definition) is 7. The van der Waals surface area contributed by atoms with E-state index in [-0.39, 0.29) is 24.7 Å². The minimum atomic E-state index is -0.994. The highest BCUT2D eigenvalue weighted by atomic mass is 16.5. The first-order valence-corrected chi connectivity index (χ1v) is 14.2. The van der Waals surface area contributed by atoms with E-state index in [1.165, 1.54) is 13.8 Å². The zero-order chi connectivity index (χ0) is 31.3. The van der Waals surface area contributed by atoms with Gasteiger partial charge >= 0.3 is 11.9 Å². The largest absolute Gasteiger partial charge is 0.493 e. The molecule has 0 saturated carbocycles. The van der Waals surface area contributed by atoms with Crippen LogP contribution in [-0.4, -0.2) is 64.1 Å². The molecule has 2 aliphatic rings. The monoisotopic (exact) mass is 594 g/mol. The molecule has 0 bridgehead atoms. The van der Waals surface area contributed by atoms with Gasteiger partial charge in [-0.3, -0.25) is 19.2 Å². The van der Waals surface area contributed by atoms with Gasteiger partial charge in [0.1, 0.15) is 5.75 Å². The summed E-state index contributed by atoms with van der Waals surface area (Å²) in [6, 6.07) is 7.58. The van der Waals surface area contributed by atoms with Crippen LogP contribution in [0.1, 0.15) is 60.9 Å². The average Bonchev–Trinajstić information content (AvgIpc) is 3.59. The molecule has 2 heterocycles.